The number of furan rings is 1. The van der Waals surface area contributed by atoms with Crippen LogP contribution in [0.15, 0.2) is 93.3 Å². The summed E-state index contributed by atoms with van der Waals surface area (Å²) >= 11 is 0. The van der Waals surface area contributed by atoms with Crippen molar-refractivity contribution in [2.24, 2.45) is 5.10 Å². The smallest absolute Gasteiger partial charge is 0.269 e. The van der Waals surface area contributed by atoms with Crippen molar-refractivity contribution in [3.8, 4) is 22.8 Å². The Morgan fingerprint density at radius 3 is 2.37 bits per heavy atom. The number of aryl methyl sites for hydroxylation is 1. The maximum absolute atomic E-state index is 13.7. The van der Waals surface area contributed by atoms with Crippen LogP contribution in [0.5, 0.6) is 11.5 Å². The van der Waals surface area contributed by atoms with Gasteiger partial charge in [-0.05, 0) is 55.5 Å². The minimum absolute atomic E-state index is 0.00775. The second kappa shape index (κ2) is 12.3. The van der Waals surface area contributed by atoms with E-state index in [4.69, 9.17) is 13.9 Å². The van der Waals surface area contributed by atoms with Crippen LogP contribution in [0.1, 0.15) is 11.3 Å². The lowest BCUT2D eigenvalue weighted by Gasteiger charge is -2.25. The van der Waals surface area contributed by atoms with Crippen molar-refractivity contribution in [3.63, 3.8) is 0 Å². The molecule has 0 saturated carbocycles. The average Bonchev–Trinajstić information content (AvgIpc) is 3.44. The van der Waals surface area contributed by atoms with Gasteiger partial charge in [-0.15, -0.1) is 0 Å². The van der Waals surface area contributed by atoms with E-state index in [1.807, 2.05) is 6.92 Å². The number of methoxy groups -OCH3 is 2. The maximum Gasteiger partial charge on any atom is 0.269 e. The van der Waals surface area contributed by atoms with Gasteiger partial charge in [0.2, 0.25) is 0 Å². The Morgan fingerprint density at radius 2 is 1.73 bits per heavy atom. The zero-order chi connectivity index (χ0) is 29.6. The SMILES string of the molecule is COc1ccc(N(CC(=O)N/N=C\c2ccc(-c3ccc([N+](=O)[O-])cc3)o2)S(=O)(=O)c2ccc(C)cc2)c(OC)c1. The standard InChI is InChI=1S/C28H26N4O8S/c1-19-4-12-24(13-5-19)41(36,37)31(25-14-10-22(38-2)16-27(25)39-3)18-28(33)30-29-17-23-11-15-26(40-23)20-6-8-21(9-7-20)32(34)35/h4-17H,18H2,1-3H3,(H,30,33)/b29-17-. The summed E-state index contributed by atoms with van der Waals surface area (Å²) in [5.74, 6) is 0.635. The molecular weight excluding hydrogens is 552 g/mol. The predicted octanol–water partition coefficient (Wildman–Crippen LogP) is 4.53. The van der Waals surface area contributed by atoms with E-state index in [9.17, 15) is 23.3 Å². The Bertz CT molecular complexity index is 1680. The van der Waals surface area contributed by atoms with E-state index < -0.39 is 27.4 Å². The molecule has 3 aromatic carbocycles. The first-order valence-electron chi connectivity index (χ1n) is 12.1. The number of rotatable bonds is 11. The van der Waals surface area contributed by atoms with Crippen molar-refractivity contribution in [1.29, 1.82) is 0 Å². The summed E-state index contributed by atoms with van der Waals surface area (Å²) in [6.07, 6.45) is 1.25. The molecular formula is C28H26N4O8S. The number of carbonyl (C=O) groups is 1. The number of amides is 1. The number of non-ortho nitro benzene ring substituents is 1. The van der Waals surface area contributed by atoms with Crippen molar-refractivity contribution in [2.45, 2.75) is 11.8 Å². The Morgan fingerprint density at radius 1 is 1.02 bits per heavy atom. The summed E-state index contributed by atoms with van der Waals surface area (Å²) in [6.45, 7) is 1.22. The largest absolute Gasteiger partial charge is 0.497 e. The first-order valence-corrected chi connectivity index (χ1v) is 13.5. The van der Waals surface area contributed by atoms with E-state index in [-0.39, 0.29) is 22.0 Å². The second-order valence-electron chi connectivity index (χ2n) is 8.66. The lowest BCUT2D eigenvalue weighted by atomic mass is 10.1. The molecule has 0 aliphatic rings. The number of nitro groups is 1. The number of nitro benzene ring substituents is 1. The zero-order valence-electron chi connectivity index (χ0n) is 22.3. The van der Waals surface area contributed by atoms with E-state index >= 15 is 0 Å². The molecule has 0 bridgehead atoms. The van der Waals surface area contributed by atoms with Crippen LogP contribution in [0.3, 0.4) is 0 Å². The number of carbonyl (C=O) groups excluding carboxylic acids is 1. The first kappa shape index (κ1) is 28.8. The van der Waals surface area contributed by atoms with Gasteiger partial charge in [0.15, 0.2) is 0 Å². The number of benzene rings is 3. The number of nitrogens with one attached hydrogen (secondary N) is 1. The highest BCUT2D eigenvalue weighted by atomic mass is 32.2. The summed E-state index contributed by atoms with van der Waals surface area (Å²) in [4.78, 5) is 23.3. The van der Waals surface area contributed by atoms with Crippen LogP contribution in [0.25, 0.3) is 11.3 Å². The number of nitrogens with zero attached hydrogens (tertiary/aromatic N) is 3. The van der Waals surface area contributed by atoms with Crippen molar-refractivity contribution < 1.29 is 32.0 Å². The van der Waals surface area contributed by atoms with Crippen molar-refractivity contribution >= 4 is 33.5 Å². The summed E-state index contributed by atoms with van der Waals surface area (Å²) < 4.78 is 44.5. The maximum atomic E-state index is 13.7. The van der Waals surface area contributed by atoms with E-state index in [1.165, 1.54) is 56.8 Å². The van der Waals surface area contributed by atoms with Gasteiger partial charge < -0.3 is 13.9 Å². The molecule has 212 valence electrons. The highest BCUT2D eigenvalue weighted by Crippen LogP contribution is 2.35. The van der Waals surface area contributed by atoms with Gasteiger partial charge in [-0.25, -0.2) is 13.8 Å². The molecule has 0 aliphatic heterocycles. The number of ether oxygens (including phenoxy) is 2. The minimum Gasteiger partial charge on any atom is -0.497 e. The lowest BCUT2D eigenvalue weighted by molar-refractivity contribution is -0.384. The number of hydrogen-bond acceptors (Lipinski definition) is 9. The lowest BCUT2D eigenvalue weighted by Crippen LogP contribution is -2.39. The van der Waals surface area contributed by atoms with Crippen molar-refractivity contribution in [2.75, 3.05) is 25.1 Å². The molecule has 0 fully saturated rings. The molecule has 0 saturated heterocycles. The van der Waals surface area contributed by atoms with Crippen LogP contribution in [-0.4, -0.2) is 46.2 Å². The molecule has 1 heterocycles. The third kappa shape index (κ3) is 6.70. The Labute approximate surface area is 236 Å². The van der Waals surface area contributed by atoms with Crippen LogP contribution in [0, 0.1) is 17.0 Å². The highest BCUT2D eigenvalue weighted by molar-refractivity contribution is 7.92. The van der Waals surface area contributed by atoms with Gasteiger partial charge in [0, 0.05) is 23.8 Å². The molecule has 41 heavy (non-hydrogen) atoms. The number of hydrogen-bond donors (Lipinski definition) is 1. The van der Waals surface area contributed by atoms with E-state index in [0.717, 1.165) is 9.87 Å². The quantitative estimate of drug-likeness (QED) is 0.155. The Hall–Kier alpha value is -5.17. The summed E-state index contributed by atoms with van der Waals surface area (Å²) in [7, 11) is -1.34. The molecule has 0 atom stereocenters. The third-order valence-electron chi connectivity index (χ3n) is 5.92. The fourth-order valence-corrected chi connectivity index (χ4v) is 5.22. The zero-order valence-corrected chi connectivity index (χ0v) is 23.1. The molecule has 0 aliphatic carbocycles. The van der Waals surface area contributed by atoms with Crippen molar-refractivity contribution in [3.05, 3.63) is 100 Å². The van der Waals surface area contributed by atoms with E-state index in [0.29, 0.717) is 22.8 Å². The predicted molar refractivity (Wildman–Crippen MR) is 152 cm³/mol. The summed E-state index contributed by atoms with van der Waals surface area (Å²) in [5.41, 5.74) is 3.89. The van der Waals surface area contributed by atoms with Crippen LogP contribution in [0.4, 0.5) is 11.4 Å². The van der Waals surface area contributed by atoms with Gasteiger partial charge in [-0.1, -0.05) is 17.7 Å². The topological polar surface area (TPSA) is 154 Å². The molecule has 12 nitrogen and oxygen atoms in total. The Balaban J connectivity index is 1.54. The Kier molecular flexibility index (Phi) is 8.68. The number of anilines is 1. The molecule has 0 unspecified atom stereocenters. The van der Waals surface area contributed by atoms with E-state index in [2.05, 4.69) is 10.5 Å². The molecule has 1 N–H and O–H groups in total. The summed E-state index contributed by atoms with van der Waals surface area (Å²) in [6, 6.07) is 19.9. The first-order chi connectivity index (χ1) is 19.6. The van der Waals surface area contributed by atoms with Crippen LogP contribution in [-0.2, 0) is 14.8 Å². The highest BCUT2D eigenvalue weighted by Gasteiger charge is 2.29. The van der Waals surface area contributed by atoms with Gasteiger partial charge in [0.05, 0.1) is 35.9 Å². The van der Waals surface area contributed by atoms with Crippen molar-refractivity contribution in [1.82, 2.24) is 5.43 Å². The monoisotopic (exact) mass is 578 g/mol. The fourth-order valence-electron chi connectivity index (χ4n) is 3.79. The normalized spacial score (nSPS) is 11.3. The van der Waals surface area contributed by atoms with Gasteiger partial charge in [-0.3, -0.25) is 19.2 Å². The molecule has 0 radical (unpaired) electrons. The van der Waals surface area contributed by atoms with E-state index in [1.54, 1.807) is 42.5 Å². The van der Waals surface area contributed by atoms with Gasteiger partial charge in [0.25, 0.3) is 21.6 Å². The van der Waals surface area contributed by atoms with Gasteiger partial charge >= 0.3 is 0 Å². The van der Waals surface area contributed by atoms with Crippen LogP contribution < -0.4 is 19.2 Å². The fraction of sp³-hybridized carbons (Fsp3) is 0.143. The molecule has 4 rings (SSSR count). The van der Waals surface area contributed by atoms with Gasteiger partial charge in [-0.2, -0.15) is 5.10 Å². The molecule has 4 aromatic rings. The second-order valence-corrected chi connectivity index (χ2v) is 10.5. The number of sulfonamides is 1. The average molecular weight is 579 g/mol. The number of hydrazone groups is 1. The minimum atomic E-state index is -4.19. The third-order valence-corrected chi connectivity index (χ3v) is 7.70. The van der Waals surface area contributed by atoms with Crippen LogP contribution >= 0.6 is 0 Å². The molecule has 1 aromatic heterocycles. The molecule has 0 spiro atoms. The van der Waals surface area contributed by atoms with Crippen LogP contribution in [0.2, 0.25) is 0 Å². The molecule has 13 heteroatoms. The van der Waals surface area contributed by atoms with Gasteiger partial charge in [0.1, 0.15) is 29.6 Å². The summed E-state index contributed by atoms with van der Waals surface area (Å²) in [5, 5.41) is 14.7. The molecule has 1 amide bonds.